The normalized spacial score (nSPS) is 16.6. The van der Waals surface area contributed by atoms with Gasteiger partial charge in [-0.25, -0.2) is 0 Å². The summed E-state index contributed by atoms with van der Waals surface area (Å²) in [4.78, 5) is 13.4. The Morgan fingerprint density at radius 3 is 2.54 bits per heavy atom. The number of carbonyl (C=O) groups excluding carboxylic acids is 1. The molecule has 1 N–H and O–H groups in total. The standard InChI is InChI=1S/C24H28N2O2/c1-3-18(2)28-21-12-13-22(19(16-21)17-25)26-23(27)24(14-8-5-9-15-24)20-10-6-4-7-11-20/h4,6-7,10-13,16,18H,3,5,8-9,14-15H2,1-2H3,(H,26,27). The number of benzene rings is 2. The molecule has 4 heteroatoms. The van der Waals surface area contributed by atoms with E-state index in [0.29, 0.717) is 17.0 Å². The SMILES string of the molecule is CCC(C)Oc1ccc(NC(=O)C2(c3ccccc3)CCCCC2)c(C#N)c1. The van der Waals surface area contributed by atoms with Crippen LogP contribution in [0.4, 0.5) is 5.69 Å². The van der Waals surface area contributed by atoms with E-state index in [2.05, 4.69) is 18.3 Å². The summed E-state index contributed by atoms with van der Waals surface area (Å²) < 4.78 is 5.81. The van der Waals surface area contributed by atoms with Gasteiger partial charge in [-0.2, -0.15) is 5.26 Å². The summed E-state index contributed by atoms with van der Waals surface area (Å²) in [5.41, 5.74) is 1.50. The van der Waals surface area contributed by atoms with Crippen LogP contribution in [0.15, 0.2) is 48.5 Å². The third-order valence-corrected chi connectivity index (χ3v) is 5.74. The lowest BCUT2D eigenvalue weighted by Crippen LogP contribution is -2.42. The van der Waals surface area contributed by atoms with Crippen LogP contribution in [0.25, 0.3) is 0 Å². The average molecular weight is 377 g/mol. The Morgan fingerprint density at radius 1 is 1.18 bits per heavy atom. The predicted molar refractivity (Wildman–Crippen MR) is 111 cm³/mol. The molecule has 28 heavy (non-hydrogen) atoms. The van der Waals surface area contributed by atoms with Gasteiger partial charge in [-0.05, 0) is 43.9 Å². The van der Waals surface area contributed by atoms with Crippen LogP contribution in [0, 0.1) is 11.3 Å². The minimum absolute atomic E-state index is 0.0227. The summed E-state index contributed by atoms with van der Waals surface area (Å²) in [6, 6.07) is 17.5. The molecule has 1 aliphatic rings. The van der Waals surface area contributed by atoms with E-state index in [1.165, 1.54) is 0 Å². The number of nitriles is 1. The Balaban J connectivity index is 1.87. The summed E-state index contributed by atoms with van der Waals surface area (Å²) in [6.07, 6.45) is 5.87. The second kappa shape index (κ2) is 8.93. The van der Waals surface area contributed by atoms with Gasteiger partial charge in [0, 0.05) is 6.07 Å². The van der Waals surface area contributed by atoms with Crippen LogP contribution >= 0.6 is 0 Å². The Bertz CT molecular complexity index is 849. The van der Waals surface area contributed by atoms with Gasteiger partial charge >= 0.3 is 0 Å². The number of hydrogen-bond donors (Lipinski definition) is 1. The van der Waals surface area contributed by atoms with Gasteiger partial charge in [0.25, 0.3) is 0 Å². The molecule has 0 aliphatic heterocycles. The van der Waals surface area contributed by atoms with Crippen molar-refractivity contribution in [2.24, 2.45) is 0 Å². The highest BCUT2D eigenvalue weighted by molar-refractivity contribution is 6.00. The van der Waals surface area contributed by atoms with E-state index in [1.54, 1.807) is 12.1 Å². The lowest BCUT2D eigenvalue weighted by molar-refractivity contribution is -0.122. The van der Waals surface area contributed by atoms with Gasteiger partial charge in [0.15, 0.2) is 0 Å². The van der Waals surface area contributed by atoms with Gasteiger partial charge in [-0.15, -0.1) is 0 Å². The summed E-state index contributed by atoms with van der Waals surface area (Å²) >= 11 is 0. The molecule has 0 spiro atoms. The third kappa shape index (κ3) is 4.20. The lowest BCUT2D eigenvalue weighted by atomic mass is 9.68. The molecule has 146 valence electrons. The van der Waals surface area contributed by atoms with E-state index < -0.39 is 5.41 Å². The van der Waals surface area contributed by atoms with Gasteiger partial charge in [-0.3, -0.25) is 4.79 Å². The topological polar surface area (TPSA) is 62.1 Å². The molecule has 2 aromatic rings. The van der Waals surface area contributed by atoms with Crippen molar-refractivity contribution in [3.05, 3.63) is 59.7 Å². The average Bonchev–Trinajstić information content (AvgIpc) is 2.75. The minimum Gasteiger partial charge on any atom is -0.491 e. The van der Waals surface area contributed by atoms with Gasteiger partial charge in [0.1, 0.15) is 11.8 Å². The number of anilines is 1. The van der Waals surface area contributed by atoms with Gasteiger partial charge in [0.2, 0.25) is 5.91 Å². The molecular weight excluding hydrogens is 348 g/mol. The molecule has 1 unspecified atom stereocenters. The van der Waals surface area contributed by atoms with Crippen LogP contribution in [0.2, 0.25) is 0 Å². The molecule has 1 amide bonds. The van der Waals surface area contributed by atoms with E-state index in [9.17, 15) is 10.1 Å². The molecule has 0 heterocycles. The molecule has 1 aliphatic carbocycles. The first-order chi connectivity index (χ1) is 13.6. The first kappa shape index (κ1) is 19.9. The molecule has 0 radical (unpaired) electrons. The van der Waals surface area contributed by atoms with E-state index in [0.717, 1.165) is 44.1 Å². The predicted octanol–water partition coefficient (Wildman–Crippen LogP) is 5.58. The van der Waals surface area contributed by atoms with Crippen molar-refractivity contribution < 1.29 is 9.53 Å². The fourth-order valence-electron chi connectivity index (χ4n) is 3.92. The number of hydrogen-bond acceptors (Lipinski definition) is 3. The maximum Gasteiger partial charge on any atom is 0.235 e. The maximum atomic E-state index is 13.4. The molecule has 0 bridgehead atoms. The highest BCUT2D eigenvalue weighted by Gasteiger charge is 2.41. The zero-order valence-corrected chi connectivity index (χ0v) is 16.7. The van der Waals surface area contributed by atoms with Gasteiger partial charge in [-0.1, -0.05) is 56.5 Å². The molecule has 1 fully saturated rings. The molecular formula is C24H28N2O2. The van der Waals surface area contributed by atoms with Crippen LogP contribution < -0.4 is 10.1 Å². The van der Waals surface area contributed by atoms with Crippen LogP contribution in [-0.2, 0) is 10.2 Å². The summed E-state index contributed by atoms with van der Waals surface area (Å²) in [7, 11) is 0. The van der Waals surface area contributed by atoms with Crippen molar-refractivity contribution in [1.29, 1.82) is 5.26 Å². The summed E-state index contributed by atoms with van der Waals surface area (Å²) in [5, 5.41) is 12.6. The first-order valence-electron chi connectivity index (χ1n) is 10.2. The van der Waals surface area contributed by atoms with Crippen LogP contribution in [0.5, 0.6) is 5.75 Å². The smallest absolute Gasteiger partial charge is 0.235 e. The van der Waals surface area contributed by atoms with E-state index in [-0.39, 0.29) is 12.0 Å². The zero-order valence-electron chi connectivity index (χ0n) is 16.7. The van der Waals surface area contributed by atoms with Crippen molar-refractivity contribution in [2.75, 3.05) is 5.32 Å². The fraction of sp³-hybridized carbons (Fsp3) is 0.417. The molecule has 4 nitrogen and oxygen atoms in total. The quantitative estimate of drug-likeness (QED) is 0.716. The molecule has 0 saturated heterocycles. The number of nitrogens with zero attached hydrogens (tertiary/aromatic N) is 1. The molecule has 1 saturated carbocycles. The summed E-state index contributed by atoms with van der Waals surface area (Å²) in [6.45, 7) is 4.05. The van der Waals surface area contributed by atoms with Gasteiger partial charge in [0.05, 0.1) is 22.8 Å². The van der Waals surface area contributed by atoms with Crippen molar-refractivity contribution in [3.63, 3.8) is 0 Å². The molecule has 2 aromatic carbocycles. The zero-order chi connectivity index (χ0) is 20.0. The van der Waals surface area contributed by atoms with E-state index in [4.69, 9.17) is 4.74 Å². The number of amides is 1. The maximum absolute atomic E-state index is 13.4. The minimum atomic E-state index is -0.530. The Kier molecular flexibility index (Phi) is 6.36. The molecule has 3 rings (SSSR count). The Labute approximate surface area is 167 Å². The van der Waals surface area contributed by atoms with Crippen molar-refractivity contribution in [2.45, 2.75) is 63.9 Å². The second-order valence-electron chi connectivity index (χ2n) is 7.62. The van der Waals surface area contributed by atoms with Crippen molar-refractivity contribution >= 4 is 11.6 Å². The van der Waals surface area contributed by atoms with Crippen LogP contribution in [-0.4, -0.2) is 12.0 Å². The number of ether oxygens (including phenoxy) is 1. The second-order valence-corrected chi connectivity index (χ2v) is 7.62. The third-order valence-electron chi connectivity index (χ3n) is 5.74. The van der Waals surface area contributed by atoms with E-state index >= 15 is 0 Å². The van der Waals surface area contributed by atoms with Crippen LogP contribution in [0.3, 0.4) is 0 Å². The van der Waals surface area contributed by atoms with E-state index in [1.807, 2.05) is 43.3 Å². The Morgan fingerprint density at radius 2 is 1.89 bits per heavy atom. The fourth-order valence-corrected chi connectivity index (χ4v) is 3.92. The highest BCUT2D eigenvalue weighted by Crippen LogP contribution is 2.40. The lowest BCUT2D eigenvalue weighted by Gasteiger charge is -2.36. The van der Waals surface area contributed by atoms with Crippen molar-refractivity contribution in [3.8, 4) is 11.8 Å². The van der Waals surface area contributed by atoms with Gasteiger partial charge < -0.3 is 10.1 Å². The molecule has 1 atom stereocenters. The first-order valence-corrected chi connectivity index (χ1v) is 10.2. The van der Waals surface area contributed by atoms with Crippen molar-refractivity contribution in [1.82, 2.24) is 0 Å². The monoisotopic (exact) mass is 376 g/mol. The number of carbonyl (C=O) groups is 1. The Hall–Kier alpha value is -2.80. The summed E-state index contributed by atoms with van der Waals surface area (Å²) in [5.74, 6) is 0.629. The number of rotatable bonds is 6. The number of nitrogens with one attached hydrogen (secondary N) is 1. The largest absolute Gasteiger partial charge is 0.491 e. The van der Waals surface area contributed by atoms with Crippen LogP contribution in [0.1, 0.15) is 63.5 Å². The highest BCUT2D eigenvalue weighted by atomic mass is 16.5. The molecule has 0 aromatic heterocycles.